The van der Waals surface area contributed by atoms with Crippen molar-refractivity contribution < 1.29 is 13.2 Å². The Hall–Kier alpha value is -2.37. The van der Waals surface area contributed by atoms with Gasteiger partial charge in [0.15, 0.2) is 0 Å². The average Bonchev–Trinajstić information content (AvgIpc) is 2.52. The second-order valence-electron chi connectivity index (χ2n) is 6.54. The summed E-state index contributed by atoms with van der Waals surface area (Å²) in [4.78, 5) is 5.62. The maximum absolute atomic E-state index is 13.1. The summed E-state index contributed by atoms with van der Waals surface area (Å²) in [5, 5.41) is 0. The zero-order valence-corrected chi connectivity index (χ0v) is 15.4. The van der Waals surface area contributed by atoms with Crippen molar-refractivity contribution in [1.82, 2.24) is 0 Å². The van der Waals surface area contributed by atoms with E-state index in [9.17, 15) is 13.2 Å². The Morgan fingerprint density at radius 1 is 0.680 bits per heavy atom. The number of hydrogen-bond acceptors (Lipinski definition) is 3. The van der Waals surface area contributed by atoms with Crippen LogP contribution in [0.4, 0.5) is 35.9 Å². The Labute approximate surface area is 147 Å². The van der Waals surface area contributed by atoms with E-state index in [1.807, 2.05) is 50.0 Å². The molecule has 2 aromatic carbocycles. The second-order valence-corrected chi connectivity index (χ2v) is 6.54. The Bertz CT molecular complexity index is 752. The van der Waals surface area contributed by atoms with Crippen molar-refractivity contribution in [2.75, 3.05) is 49.9 Å². The van der Waals surface area contributed by atoms with Crippen LogP contribution in [0.1, 0.15) is 11.1 Å². The summed E-state index contributed by atoms with van der Waals surface area (Å²) in [6.45, 7) is 2.01. The molecule has 0 radical (unpaired) electrons. The standard InChI is InChI=1S/C19H24F3N3/c1-13-7-9-15(17(11-13)23(2)3)25(6)16-10-8-14(19(20,21)22)12-18(16)24(4)5/h7-12H,1-6H3. The van der Waals surface area contributed by atoms with E-state index in [4.69, 9.17) is 0 Å². The second kappa shape index (κ2) is 6.86. The van der Waals surface area contributed by atoms with Gasteiger partial charge in [0, 0.05) is 35.2 Å². The topological polar surface area (TPSA) is 9.72 Å². The van der Waals surface area contributed by atoms with E-state index in [0.29, 0.717) is 11.4 Å². The molecule has 0 fully saturated rings. The zero-order chi connectivity index (χ0) is 18.9. The quantitative estimate of drug-likeness (QED) is 0.775. The highest BCUT2D eigenvalue weighted by Gasteiger charge is 2.31. The van der Waals surface area contributed by atoms with Gasteiger partial charge >= 0.3 is 6.18 Å². The van der Waals surface area contributed by atoms with Crippen molar-refractivity contribution in [1.29, 1.82) is 0 Å². The van der Waals surface area contributed by atoms with E-state index in [1.54, 1.807) is 19.0 Å². The fourth-order valence-corrected chi connectivity index (χ4v) is 2.75. The molecule has 0 spiro atoms. The van der Waals surface area contributed by atoms with E-state index in [2.05, 4.69) is 6.07 Å². The molecule has 0 aliphatic heterocycles. The molecule has 0 aliphatic rings. The largest absolute Gasteiger partial charge is 0.416 e. The molecule has 0 aliphatic carbocycles. The van der Waals surface area contributed by atoms with Crippen molar-refractivity contribution in [3.63, 3.8) is 0 Å². The van der Waals surface area contributed by atoms with Crippen molar-refractivity contribution in [3.8, 4) is 0 Å². The van der Waals surface area contributed by atoms with Gasteiger partial charge in [-0.1, -0.05) is 6.07 Å². The molecule has 2 aromatic rings. The van der Waals surface area contributed by atoms with E-state index in [0.717, 1.165) is 23.0 Å². The van der Waals surface area contributed by atoms with Gasteiger partial charge in [0.25, 0.3) is 0 Å². The highest BCUT2D eigenvalue weighted by molar-refractivity contribution is 5.83. The molecule has 0 saturated carbocycles. The normalized spacial score (nSPS) is 11.4. The van der Waals surface area contributed by atoms with Crippen LogP contribution in [-0.2, 0) is 6.18 Å². The summed E-state index contributed by atoms with van der Waals surface area (Å²) in [6, 6.07) is 9.89. The minimum Gasteiger partial charge on any atom is -0.376 e. The molecule has 0 amide bonds. The monoisotopic (exact) mass is 351 g/mol. The fourth-order valence-electron chi connectivity index (χ4n) is 2.75. The van der Waals surface area contributed by atoms with Gasteiger partial charge in [-0.05, 0) is 42.8 Å². The number of anilines is 4. The lowest BCUT2D eigenvalue weighted by Gasteiger charge is -2.30. The van der Waals surface area contributed by atoms with Crippen molar-refractivity contribution in [2.45, 2.75) is 13.1 Å². The highest BCUT2D eigenvalue weighted by Crippen LogP contribution is 2.40. The molecule has 25 heavy (non-hydrogen) atoms. The Morgan fingerprint density at radius 3 is 1.64 bits per heavy atom. The van der Waals surface area contributed by atoms with Crippen molar-refractivity contribution in [2.24, 2.45) is 0 Å². The molecular formula is C19H24F3N3. The number of nitrogens with zero attached hydrogens (tertiary/aromatic N) is 3. The van der Waals surface area contributed by atoms with Crippen LogP contribution in [0.15, 0.2) is 36.4 Å². The third-order valence-electron chi connectivity index (χ3n) is 4.12. The Kier molecular flexibility index (Phi) is 5.20. The van der Waals surface area contributed by atoms with E-state index >= 15 is 0 Å². The molecule has 3 nitrogen and oxygen atoms in total. The average molecular weight is 351 g/mol. The SMILES string of the molecule is Cc1ccc(N(C)c2ccc(C(F)(F)F)cc2N(C)C)c(N(C)C)c1. The predicted octanol–water partition coefficient (Wildman–Crippen LogP) is 4.91. The number of rotatable bonds is 4. The summed E-state index contributed by atoms with van der Waals surface area (Å²) in [5.41, 5.74) is 3.64. The van der Waals surface area contributed by atoms with Crippen LogP contribution in [0, 0.1) is 6.92 Å². The predicted molar refractivity (Wildman–Crippen MR) is 99.3 cm³/mol. The van der Waals surface area contributed by atoms with Gasteiger partial charge < -0.3 is 14.7 Å². The van der Waals surface area contributed by atoms with Crippen LogP contribution in [0.3, 0.4) is 0 Å². The zero-order valence-electron chi connectivity index (χ0n) is 15.4. The first kappa shape index (κ1) is 19.0. The van der Waals surface area contributed by atoms with Crippen LogP contribution < -0.4 is 14.7 Å². The third kappa shape index (κ3) is 4.00. The summed E-state index contributed by atoms with van der Waals surface area (Å²) in [6.07, 6.45) is -4.36. The van der Waals surface area contributed by atoms with Gasteiger partial charge in [-0.15, -0.1) is 0 Å². The number of halogens is 3. The summed E-state index contributed by atoms with van der Waals surface area (Å²) in [5.74, 6) is 0. The first-order valence-electron chi connectivity index (χ1n) is 7.92. The molecule has 0 bridgehead atoms. The van der Waals surface area contributed by atoms with Crippen LogP contribution in [0.2, 0.25) is 0 Å². The van der Waals surface area contributed by atoms with Crippen molar-refractivity contribution >= 4 is 22.7 Å². The maximum Gasteiger partial charge on any atom is 0.416 e. The van der Waals surface area contributed by atoms with Gasteiger partial charge in [-0.25, -0.2) is 0 Å². The lowest BCUT2D eigenvalue weighted by molar-refractivity contribution is -0.137. The summed E-state index contributed by atoms with van der Waals surface area (Å²) in [7, 11) is 9.26. The lowest BCUT2D eigenvalue weighted by atomic mass is 10.1. The Balaban J connectivity index is 2.58. The molecule has 2 rings (SSSR count). The van der Waals surface area contributed by atoms with Crippen molar-refractivity contribution in [3.05, 3.63) is 47.5 Å². The molecule has 0 atom stereocenters. The van der Waals surface area contributed by atoms with Crippen LogP contribution in [0.25, 0.3) is 0 Å². The molecular weight excluding hydrogens is 327 g/mol. The van der Waals surface area contributed by atoms with Gasteiger partial charge in [-0.3, -0.25) is 0 Å². The van der Waals surface area contributed by atoms with Crippen LogP contribution in [0.5, 0.6) is 0 Å². The van der Waals surface area contributed by atoms with Gasteiger partial charge in [0.2, 0.25) is 0 Å². The number of aryl methyl sites for hydroxylation is 1. The first-order valence-corrected chi connectivity index (χ1v) is 7.92. The molecule has 0 aromatic heterocycles. The van der Waals surface area contributed by atoms with E-state index < -0.39 is 11.7 Å². The summed E-state index contributed by atoms with van der Waals surface area (Å²) < 4.78 is 39.2. The minimum atomic E-state index is -4.36. The molecule has 0 heterocycles. The van der Waals surface area contributed by atoms with Crippen LogP contribution >= 0.6 is 0 Å². The number of hydrogen-bond donors (Lipinski definition) is 0. The molecule has 0 unspecified atom stereocenters. The lowest BCUT2D eigenvalue weighted by Crippen LogP contribution is -2.20. The number of alkyl halides is 3. The summed E-state index contributed by atoms with van der Waals surface area (Å²) >= 11 is 0. The fraction of sp³-hybridized carbons (Fsp3) is 0.368. The molecule has 0 N–H and O–H groups in total. The van der Waals surface area contributed by atoms with E-state index in [-0.39, 0.29) is 0 Å². The van der Waals surface area contributed by atoms with Gasteiger partial charge in [-0.2, -0.15) is 13.2 Å². The molecule has 136 valence electrons. The smallest absolute Gasteiger partial charge is 0.376 e. The first-order chi connectivity index (χ1) is 11.5. The minimum absolute atomic E-state index is 0.516. The third-order valence-corrected chi connectivity index (χ3v) is 4.12. The van der Waals surface area contributed by atoms with Crippen LogP contribution in [-0.4, -0.2) is 35.2 Å². The maximum atomic E-state index is 13.1. The number of benzene rings is 2. The van der Waals surface area contributed by atoms with E-state index in [1.165, 1.54) is 12.1 Å². The highest BCUT2D eigenvalue weighted by atomic mass is 19.4. The van der Waals surface area contributed by atoms with Gasteiger partial charge in [0.1, 0.15) is 0 Å². The molecule has 6 heteroatoms. The molecule has 0 saturated heterocycles. The van der Waals surface area contributed by atoms with Gasteiger partial charge in [0.05, 0.1) is 28.3 Å². The Morgan fingerprint density at radius 2 is 1.16 bits per heavy atom.